The van der Waals surface area contributed by atoms with Crippen LogP contribution in [0.2, 0.25) is 0 Å². The molecule has 0 aliphatic heterocycles. The molecule has 5 nitrogen and oxygen atoms in total. The minimum absolute atomic E-state index is 0.0873. The van der Waals surface area contributed by atoms with E-state index in [0.29, 0.717) is 11.3 Å². The van der Waals surface area contributed by atoms with Gasteiger partial charge in [-0.3, -0.25) is 4.98 Å². The summed E-state index contributed by atoms with van der Waals surface area (Å²) in [4.78, 5) is 15.4. The Morgan fingerprint density at radius 3 is 2.60 bits per heavy atom. The number of anilines is 2. The van der Waals surface area contributed by atoms with Crippen molar-refractivity contribution in [1.82, 2.24) is 4.98 Å². The van der Waals surface area contributed by atoms with Crippen LogP contribution in [-0.4, -0.2) is 18.1 Å². The van der Waals surface area contributed by atoms with Gasteiger partial charge in [-0.2, -0.15) is 0 Å². The summed E-state index contributed by atoms with van der Waals surface area (Å²) in [6, 6.07) is 9.04. The molecule has 1 aromatic carbocycles. The van der Waals surface area contributed by atoms with Crippen LogP contribution in [0.25, 0.3) is 0 Å². The lowest BCUT2D eigenvalue weighted by Gasteiger charge is -2.17. The number of esters is 1. The van der Waals surface area contributed by atoms with Gasteiger partial charge in [0.05, 0.1) is 24.0 Å². The van der Waals surface area contributed by atoms with Crippen LogP contribution in [0.3, 0.4) is 0 Å². The third kappa shape index (κ3) is 3.06. The number of nitrogen functional groups attached to an aromatic ring is 1. The van der Waals surface area contributed by atoms with Gasteiger partial charge in [0, 0.05) is 18.4 Å². The molecule has 0 aliphatic carbocycles. The number of nitrogens with two attached hydrogens (primary N) is 1. The average Bonchev–Trinajstić information content (AvgIpc) is 2.49. The predicted octanol–water partition coefficient (Wildman–Crippen LogP) is 2.62. The summed E-state index contributed by atoms with van der Waals surface area (Å²) in [7, 11) is 1.34. The van der Waals surface area contributed by atoms with Gasteiger partial charge in [-0.15, -0.1) is 0 Å². The summed E-state index contributed by atoms with van der Waals surface area (Å²) in [6.07, 6.45) is 3.49. The fraction of sp³-hybridized carbons (Fsp3) is 0.200. The molecule has 0 amide bonds. The van der Waals surface area contributed by atoms with Crippen molar-refractivity contribution in [2.45, 2.75) is 13.0 Å². The summed E-state index contributed by atoms with van der Waals surface area (Å²) in [5.41, 5.74) is 8.79. The number of hydrogen-bond donors (Lipinski definition) is 2. The Labute approximate surface area is 117 Å². The Morgan fingerprint density at radius 1 is 1.30 bits per heavy atom. The maximum Gasteiger partial charge on any atom is 0.337 e. The van der Waals surface area contributed by atoms with Crippen LogP contribution in [0, 0.1) is 0 Å². The van der Waals surface area contributed by atoms with Gasteiger partial charge in [-0.05, 0) is 42.8 Å². The molecule has 3 N–H and O–H groups in total. The SMILES string of the molecule is COC(=O)c1ccc(NC(C)c2ccncc2)c(N)c1. The first-order chi connectivity index (χ1) is 9.61. The molecule has 0 bridgehead atoms. The van der Waals surface area contributed by atoms with E-state index in [4.69, 9.17) is 5.73 Å². The summed E-state index contributed by atoms with van der Waals surface area (Å²) in [5, 5.41) is 3.31. The number of methoxy groups -OCH3 is 1. The van der Waals surface area contributed by atoms with Gasteiger partial charge >= 0.3 is 5.97 Å². The fourth-order valence-corrected chi connectivity index (χ4v) is 1.91. The summed E-state index contributed by atoms with van der Waals surface area (Å²) in [6.45, 7) is 2.03. The molecule has 20 heavy (non-hydrogen) atoms. The third-order valence-corrected chi connectivity index (χ3v) is 3.05. The predicted molar refractivity (Wildman–Crippen MR) is 78.5 cm³/mol. The molecule has 2 aromatic rings. The molecular formula is C15H17N3O2. The highest BCUT2D eigenvalue weighted by molar-refractivity contribution is 5.91. The number of aromatic nitrogens is 1. The van der Waals surface area contributed by atoms with E-state index in [1.807, 2.05) is 19.1 Å². The molecule has 2 rings (SSSR count). The van der Waals surface area contributed by atoms with E-state index >= 15 is 0 Å². The van der Waals surface area contributed by atoms with Crippen LogP contribution in [0.5, 0.6) is 0 Å². The topological polar surface area (TPSA) is 77.2 Å². The van der Waals surface area contributed by atoms with E-state index in [1.165, 1.54) is 7.11 Å². The number of hydrogen-bond acceptors (Lipinski definition) is 5. The second-order valence-corrected chi connectivity index (χ2v) is 4.44. The van der Waals surface area contributed by atoms with Gasteiger partial charge in [0.2, 0.25) is 0 Å². The standard InChI is InChI=1S/C15H17N3O2/c1-10(11-5-7-17-8-6-11)18-14-4-3-12(9-13(14)16)15(19)20-2/h3-10,18H,16H2,1-2H3. The van der Waals surface area contributed by atoms with Crippen molar-refractivity contribution in [1.29, 1.82) is 0 Å². The van der Waals surface area contributed by atoms with Gasteiger partial charge in [-0.1, -0.05) is 0 Å². The molecule has 5 heteroatoms. The maximum absolute atomic E-state index is 11.4. The first-order valence-electron chi connectivity index (χ1n) is 6.26. The van der Waals surface area contributed by atoms with Crippen LogP contribution in [-0.2, 0) is 4.74 Å². The van der Waals surface area contributed by atoms with Gasteiger partial charge in [0.1, 0.15) is 0 Å². The Morgan fingerprint density at radius 2 is 2.00 bits per heavy atom. The first-order valence-corrected chi connectivity index (χ1v) is 6.26. The molecule has 0 fully saturated rings. The highest BCUT2D eigenvalue weighted by atomic mass is 16.5. The molecule has 1 atom stereocenters. The van der Waals surface area contributed by atoms with E-state index in [9.17, 15) is 4.79 Å². The monoisotopic (exact) mass is 271 g/mol. The molecule has 0 aliphatic rings. The van der Waals surface area contributed by atoms with Crippen molar-refractivity contribution in [3.8, 4) is 0 Å². The van der Waals surface area contributed by atoms with Crippen molar-refractivity contribution in [3.05, 3.63) is 53.9 Å². The number of nitrogens with zero attached hydrogens (tertiary/aromatic N) is 1. The van der Waals surface area contributed by atoms with E-state index in [-0.39, 0.29) is 6.04 Å². The van der Waals surface area contributed by atoms with Crippen molar-refractivity contribution in [2.24, 2.45) is 0 Å². The Bertz CT molecular complexity index is 599. The van der Waals surface area contributed by atoms with Crippen LogP contribution in [0.1, 0.15) is 28.9 Å². The second kappa shape index (κ2) is 6.06. The minimum atomic E-state index is -0.398. The summed E-state index contributed by atoms with van der Waals surface area (Å²) < 4.78 is 4.66. The van der Waals surface area contributed by atoms with Crippen LogP contribution < -0.4 is 11.1 Å². The maximum atomic E-state index is 11.4. The molecule has 0 radical (unpaired) electrons. The van der Waals surface area contributed by atoms with Crippen LogP contribution in [0.4, 0.5) is 11.4 Å². The Balaban J connectivity index is 2.16. The van der Waals surface area contributed by atoms with E-state index in [0.717, 1.165) is 11.3 Å². The van der Waals surface area contributed by atoms with Crippen molar-refractivity contribution >= 4 is 17.3 Å². The Kier molecular flexibility index (Phi) is 4.20. The highest BCUT2D eigenvalue weighted by Crippen LogP contribution is 2.25. The minimum Gasteiger partial charge on any atom is -0.465 e. The molecular weight excluding hydrogens is 254 g/mol. The molecule has 1 aromatic heterocycles. The number of pyridine rings is 1. The lowest BCUT2D eigenvalue weighted by atomic mass is 10.1. The Hall–Kier alpha value is -2.56. The number of ether oxygens (including phenoxy) is 1. The smallest absolute Gasteiger partial charge is 0.337 e. The molecule has 0 saturated carbocycles. The number of rotatable bonds is 4. The van der Waals surface area contributed by atoms with E-state index in [1.54, 1.807) is 30.6 Å². The van der Waals surface area contributed by atoms with E-state index < -0.39 is 5.97 Å². The van der Waals surface area contributed by atoms with Crippen LogP contribution >= 0.6 is 0 Å². The highest BCUT2D eigenvalue weighted by Gasteiger charge is 2.10. The van der Waals surface area contributed by atoms with Crippen molar-refractivity contribution in [3.63, 3.8) is 0 Å². The summed E-state index contributed by atoms with van der Waals surface area (Å²) >= 11 is 0. The second-order valence-electron chi connectivity index (χ2n) is 4.44. The van der Waals surface area contributed by atoms with Gasteiger partial charge in [0.25, 0.3) is 0 Å². The van der Waals surface area contributed by atoms with Gasteiger partial charge in [-0.25, -0.2) is 4.79 Å². The number of nitrogens with one attached hydrogen (secondary N) is 1. The lowest BCUT2D eigenvalue weighted by Crippen LogP contribution is -2.09. The zero-order valence-corrected chi connectivity index (χ0v) is 11.5. The third-order valence-electron chi connectivity index (χ3n) is 3.05. The first kappa shape index (κ1) is 13.9. The van der Waals surface area contributed by atoms with Crippen LogP contribution in [0.15, 0.2) is 42.7 Å². The molecule has 1 heterocycles. The van der Waals surface area contributed by atoms with Crippen molar-refractivity contribution < 1.29 is 9.53 Å². The number of carbonyl (C=O) groups is 1. The van der Waals surface area contributed by atoms with Crippen molar-refractivity contribution in [2.75, 3.05) is 18.2 Å². The zero-order valence-electron chi connectivity index (χ0n) is 11.5. The molecule has 1 unspecified atom stereocenters. The molecule has 0 saturated heterocycles. The molecule has 104 valence electrons. The lowest BCUT2D eigenvalue weighted by molar-refractivity contribution is 0.0601. The quantitative estimate of drug-likeness (QED) is 0.660. The number of benzene rings is 1. The largest absolute Gasteiger partial charge is 0.465 e. The average molecular weight is 271 g/mol. The molecule has 0 spiro atoms. The number of carbonyl (C=O) groups excluding carboxylic acids is 1. The fourth-order valence-electron chi connectivity index (χ4n) is 1.91. The van der Waals surface area contributed by atoms with Gasteiger partial charge < -0.3 is 15.8 Å². The zero-order chi connectivity index (χ0) is 14.5. The van der Waals surface area contributed by atoms with E-state index in [2.05, 4.69) is 15.0 Å². The van der Waals surface area contributed by atoms with Gasteiger partial charge in [0.15, 0.2) is 0 Å². The normalized spacial score (nSPS) is 11.7. The summed E-state index contributed by atoms with van der Waals surface area (Å²) in [5.74, 6) is -0.398.